The number of benzene rings is 1. The van der Waals surface area contributed by atoms with E-state index in [2.05, 4.69) is 10.4 Å². The molecule has 1 unspecified atom stereocenters. The third kappa shape index (κ3) is 5.39. The van der Waals surface area contributed by atoms with Crippen LogP contribution in [-0.2, 0) is 17.8 Å². The molecule has 0 saturated carbocycles. The molecule has 0 bridgehead atoms. The smallest absolute Gasteiger partial charge is 0.221 e. The van der Waals surface area contributed by atoms with Crippen LogP contribution in [0.15, 0.2) is 42.7 Å². The number of nitrogens with zero attached hydrogens (tertiary/aromatic N) is 2. The Hall–Kier alpha value is -2.14. The number of aliphatic hydroxyl groups is 1. The molecule has 0 radical (unpaired) electrons. The number of amides is 1. The van der Waals surface area contributed by atoms with Crippen molar-refractivity contribution >= 4 is 5.91 Å². The highest BCUT2D eigenvalue weighted by atomic mass is 16.3. The quantitative estimate of drug-likeness (QED) is 0.806. The minimum atomic E-state index is -0.566. The van der Waals surface area contributed by atoms with Gasteiger partial charge in [0.2, 0.25) is 5.91 Å². The average Bonchev–Trinajstić information content (AvgIpc) is 2.90. The number of aliphatic hydroxyl groups excluding tert-OH is 1. The molecule has 0 saturated heterocycles. The van der Waals surface area contributed by atoms with Crippen molar-refractivity contribution in [3.05, 3.63) is 53.9 Å². The van der Waals surface area contributed by atoms with Crippen LogP contribution in [0.25, 0.3) is 0 Å². The van der Waals surface area contributed by atoms with Gasteiger partial charge >= 0.3 is 0 Å². The van der Waals surface area contributed by atoms with Crippen molar-refractivity contribution < 1.29 is 9.90 Å². The molecular weight excluding hydrogens is 266 g/mol. The topological polar surface area (TPSA) is 67.2 Å². The Labute approximate surface area is 124 Å². The summed E-state index contributed by atoms with van der Waals surface area (Å²) >= 11 is 0. The van der Waals surface area contributed by atoms with E-state index in [0.717, 1.165) is 11.1 Å². The van der Waals surface area contributed by atoms with Crippen LogP contribution in [0.1, 0.15) is 17.5 Å². The van der Waals surface area contributed by atoms with E-state index in [4.69, 9.17) is 0 Å². The van der Waals surface area contributed by atoms with Crippen molar-refractivity contribution in [1.29, 1.82) is 0 Å². The van der Waals surface area contributed by atoms with E-state index in [1.54, 1.807) is 10.9 Å². The molecule has 1 aromatic heterocycles. The van der Waals surface area contributed by atoms with E-state index in [1.165, 1.54) is 0 Å². The van der Waals surface area contributed by atoms with Crippen LogP contribution in [0.3, 0.4) is 0 Å². The first-order chi connectivity index (χ1) is 10.1. The molecule has 0 aliphatic carbocycles. The zero-order chi connectivity index (χ0) is 15.1. The number of aromatic nitrogens is 2. The SMILES string of the molecule is Cc1cnn(CCC(=O)NCC(O)Cc2ccccc2)c1. The predicted octanol–water partition coefficient (Wildman–Crippen LogP) is 1.30. The highest BCUT2D eigenvalue weighted by Crippen LogP contribution is 2.02. The Morgan fingerprint density at radius 3 is 2.81 bits per heavy atom. The molecule has 0 aliphatic heterocycles. The molecule has 5 heteroatoms. The normalized spacial score (nSPS) is 12.1. The first-order valence-corrected chi connectivity index (χ1v) is 7.11. The van der Waals surface area contributed by atoms with Gasteiger partial charge in [0.1, 0.15) is 0 Å². The number of hydrogen-bond donors (Lipinski definition) is 2. The Morgan fingerprint density at radius 2 is 2.14 bits per heavy atom. The maximum Gasteiger partial charge on any atom is 0.221 e. The molecule has 5 nitrogen and oxygen atoms in total. The summed E-state index contributed by atoms with van der Waals surface area (Å²) in [5.41, 5.74) is 2.14. The highest BCUT2D eigenvalue weighted by molar-refractivity contribution is 5.75. The second-order valence-corrected chi connectivity index (χ2v) is 5.18. The predicted molar refractivity (Wildman–Crippen MR) is 80.7 cm³/mol. The van der Waals surface area contributed by atoms with Crippen molar-refractivity contribution in [3.8, 4) is 0 Å². The van der Waals surface area contributed by atoms with Crippen molar-refractivity contribution in [2.24, 2.45) is 0 Å². The lowest BCUT2D eigenvalue weighted by atomic mass is 10.1. The molecule has 21 heavy (non-hydrogen) atoms. The summed E-state index contributed by atoms with van der Waals surface area (Å²) in [5.74, 6) is -0.0738. The molecule has 1 heterocycles. The van der Waals surface area contributed by atoms with Gasteiger partial charge in [-0.2, -0.15) is 5.10 Å². The van der Waals surface area contributed by atoms with Crippen molar-refractivity contribution in [1.82, 2.24) is 15.1 Å². The van der Waals surface area contributed by atoms with Crippen LogP contribution >= 0.6 is 0 Å². The minimum Gasteiger partial charge on any atom is -0.391 e. The zero-order valence-corrected chi connectivity index (χ0v) is 12.2. The lowest BCUT2D eigenvalue weighted by Gasteiger charge is -2.12. The summed E-state index contributed by atoms with van der Waals surface area (Å²) < 4.78 is 1.75. The van der Waals surface area contributed by atoms with Gasteiger partial charge < -0.3 is 10.4 Å². The van der Waals surface area contributed by atoms with Crippen LogP contribution in [-0.4, -0.2) is 33.4 Å². The van der Waals surface area contributed by atoms with Crippen LogP contribution in [0.4, 0.5) is 0 Å². The van der Waals surface area contributed by atoms with Crippen molar-refractivity contribution in [2.45, 2.75) is 32.4 Å². The molecular formula is C16H21N3O2. The molecule has 1 amide bonds. The fourth-order valence-electron chi connectivity index (χ4n) is 2.08. The van der Waals surface area contributed by atoms with E-state index >= 15 is 0 Å². The number of carbonyl (C=O) groups is 1. The van der Waals surface area contributed by atoms with Gasteiger partial charge in [-0.15, -0.1) is 0 Å². The second-order valence-electron chi connectivity index (χ2n) is 5.18. The van der Waals surface area contributed by atoms with Crippen molar-refractivity contribution in [3.63, 3.8) is 0 Å². The average molecular weight is 287 g/mol. The second kappa shape index (κ2) is 7.59. The summed E-state index contributed by atoms with van der Waals surface area (Å²) in [6.07, 6.45) is 4.00. The third-order valence-corrected chi connectivity index (χ3v) is 3.18. The summed E-state index contributed by atoms with van der Waals surface area (Å²) in [4.78, 5) is 11.7. The van der Waals surface area contributed by atoms with Gasteiger partial charge in [0.15, 0.2) is 0 Å². The molecule has 0 spiro atoms. The molecule has 2 aromatic rings. The molecule has 112 valence electrons. The van der Waals surface area contributed by atoms with E-state index in [1.807, 2.05) is 43.5 Å². The van der Waals surface area contributed by atoms with Crippen LogP contribution < -0.4 is 5.32 Å². The Balaban J connectivity index is 1.66. The Bertz CT molecular complexity index is 566. The van der Waals surface area contributed by atoms with Gasteiger partial charge in [-0.3, -0.25) is 9.48 Å². The maximum absolute atomic E-state index is 11.7. The fourth-order valence-corrected chi connectivity index (χ4v) is 2.08. The maximum atomic E-state index is 11.7. The Kier molecular flexibility index (Phi) is 5.51. The first-order valence-electron chi connectivity index (χ1n) is 7.11. The van der Waals surface area contributed by atoms with Crippen LogP contribution in [0.2, 0.25) is 0 Å². The molecule has 0 aliphatic rings. The summed E-state index contributed by atoms with van der Waals surface area (Å²) in [6.45, 7) is 2.78. The van der Waals surface area contributed by atoms with E-state index in [9.17, 15) is 9.90 Å². The van der Waals surface area contributed by atoms with Gasteiger partial charge in [-0.1, -0.05) is 30.3 Å². The number of rotatable bonds is 7. The lowest BCUT2D eigenvalue weighted by molar-refractivity contribution is -0.121. The monoisotopic (exact) mass is 287 g/mol. The zero-order valence-electron chi connectivity index (χ0n) is 12.2. The minimum absolute atomic E-state index is 0.0738. The van der Waals surface area contributed by atoms with Crippen LogP contribution in [0, 0.1) is 6.92 Å². The molecule has 2 rings (SSSR count). The molecule has 0 fully saturated rings. The highest BCUT2D eigenvalue weighted by Gasteiger charge is 2.08. The Morgan fingerprint density at radius 1 is 1.38 bits per heavy atom. The van der Waals surface area contributed by atoms with Gasteiger partial charge in [-0.05, 0) is 18.1 Å². The summed E-state index contributed by atoms with van der Waals surface area (Å²) in [7, 11) is 0. The number of hydrogen-bond acceptors (Lipinski definition) is 3. The summed E-state index contributed by atoms with van der Waals surface area (Å²) in [5, 5.41) is 16.8. The van der Waals surface area contributed by atoms with Gasteiger partial charge in [0, 0.05) is 32.1 Å². The summed E-state index contributed by atoms with van der Waals surface area (Å²) in [6, 6.07) is 9.74. The molecule has 1 aromatic carbocycles. The standard InChI is InChI=1S/C16H21N3O2/c1-13-10-18-19(12-13)8-7-16(21)17-11-15(20)9-14-5-3-2-4-6-14/h2-6,10,12,15,20H,7-9,11H2,1H3,(H,17,21). The van der Waals surface area contributed by atoms with E-state index in [0.29, 0.717) is 19.4 Å². The number of carbonyl (C=O) groups excluding carboxylic acids is 1. The van der Waals surface area contributed by atoms with Crippen LogP contribution in [0.5, 0.6) is 0 Å². The number of nitrogens with one attached hydrogen (secondary N) is 1. The van der Waals surface area contributed by atoms with E-state index < -0.39 is 6.10 Å². The molecule has 1 atom stereocenters. The van der Waals surface area contributed by atoms with Gasteiger partial charge in [0.05, 0.1) is 12.3 Å². The fraction of sp³-hybridized carbons (Fsp3) is 0.375. The third-order valence-electron chi connectivity index (χ3n) is 3.18. The van der Waals surface area contributed by atoms with Gasteiger partial charge in [-0.25, -0.2) is 0 Å². The lowest BCUT2D eigenvalue weighted by Crippen LogP contribution is -2.33. The largest absolute Gasteiger partial charge is 0.391 e. The number of aryl methyl sites for hydroxylation is 2. The van der Waals surface area contributed by atoms with E-state index in [-0.39, 0.29) is 12.5 Å². The van der Waals surface area contributed by atoms with Crippen molar-refractivity contribution in [2.75, 3.05) is 6.54 Å². The first kappa shape index (κ1) is 15.3. The van der Waals surface area contributed by atoms with Gasteiger partial charge in [0.25, 0.3) is 0 Å². The molecule has 2 N–H and O–H groups in total.